The van der Waals surface area contributed by atoms with E-state index >= 15 is 0 Å². The Hall–Kier alpha value is -3.32. The van der Waals surface area contributed by atoms with Crippen molar-refractivity contribution in [2.24, 2.45) is 0 Å². The van der Waals surface area contributed by atoms with Crippen molar-refractivity contribution in [3.05, 3.63) is 78.4 Å². The van der Waals surface area contributed by atoms with Gasteiger partial charge in [-0.3, -0.25) is 14.7 Å². The quantitative estimate of drug-likeness (QED) is 0.578. The Morgan fingerprint density at radius 1 is 1.12 bits per heavy atom. The molecule has 1 amide bonds. The second-order valence-electron chi connectivity index (χ2n) is 8.39. The molecule has 0 spiro atoms. The van der Waals surface area contributed by atoms with Crippen molar-refractivity contribution in [3.8, 4) is 0 Å². The van der Waals surface area contributed by atoms with Crippen molar-refractivity contribution in [2.75, 3.05) is 18.4 Å². The zero-order valence-corrected chi connectivity index (χ0v) is 18.7. The molecule has 4 rings (SSSR count). The number of hydrogen-bond donors (Lipinski definition) is 1. The molecule has 32 heavy (non-hydrogen) atoms. The molecule has 0 radical (unpaired) electrons. The van der Waals surface area contributed by atoms with Gasteiger partial charge in [0.25, 0.3) is 0 Å². The van der Waals surface area contributed by atoms with Gasteiger partial charge < -0.3 is 10.2 Å². The molecule has 1 atom stereocenters. The van der Waals surface area contributed by atoms with Crippen molar-refractivity contribution in [1.29, 1.82) is 0 Å². The average molecular weight is 431 g/mol. The number of nitrogens with one attached hydrogen (secondary N) is 1. The predicted molar refractivity (Wildman–Crippen MR) is 125 cm³/mol. The molecule has 0 saturated carbocycles. The standard InChI is InChI=1S/C25H30N6O/c1-19(2)31(17-20-8-4-3-5-9-20)25(32)18-30-15-7-11-22(30)21-10-6-12-23(28-21)29-24-16-26-13-14-27-24/h3-6,8-10,12-14,16,19,22H,7,11,15,17-18H2,1-2H3,(H,27,28,29). The van der Waals surface area contributed by atoms with Crippen molar-refractivity contribution in [1.82, 2.24) is 24.8 Å². The maximum atomic E-state index is 13.3. The number of pyridine rings is 1. The molecule has 0 bridgehead atoms. The van der Waals surface area contributed by atoms with Crippen LogP contribution in [0.3, 0.4) is 0 Å². The van der Waals surface area contributed by atoms with E-state index in [0.717, 1.165) is 36.5 Å². The molecular formula is C25H30N6O. The molecule has 1 aliphatic rings. The highest BCUT2D eigenvalue weighted by Crippen LogP contribution is 2.31. The second-order valence-corrected chi connectivity index (χ2v) is 8.39. The molecule has 1 unspecified atom stereocenters. The Morgan fingerprint density at radius 2 is 1.97 bits per heavy atom. The molecule has 3 heterocycles. The number of carbonyl (C=O) groups is 1. The van der Waals surface area contributed by atoms with E-state index in [1.807, 2.05) is 41.3 Å². The fourth-order valence-electron chi connectivity index (χ4n) is 4.16. The summed E-state index contributed by atoms with van der Waals surface area (Å²) in [7, 11) is 0. The van der Waals surface area contributed by atoms with E-state index in [0.29, 0.717) is 18.9 Å². The predicted octanol–water partition coefficient (Wildman–Crippen LogP) is 4.19. The summed E-state index contributed by atoms with van der Waals surface area (Å²) in [5.74, 6) is 1.54. The highest BCUT2D eigenvalue weighted by molar-refractivity contribution is 5.78. The first-order valence-corrected chi connectivity index (χ1v) is 11.2. The monoisotopic (exact) mass is 430 g/mol. The topological polar surface area (TPSA) is 74.2 Å². The van der Waals surface area contributed by atoms with Crippen LogP contribution in [0.2, 0.25) is 0 Å². The van der Waals surface area contributed by atoms with E-state index < -0.39 is 0 Å². The molecule has 1 fully saturated rings. The van der Waals surface area contributed by atoms with Crippen LogP contribution in [-0.4, -0.2) is 49.8 Å². The first-order chi connectivity index (χ1) is 15.6. The zero-order valence-electron chi connectivity index (χ0n) is 18.7. The Bertz CT molecular complexity index is 1010. The average Bonchev–Trinajstić information content (AvgIpc) is 3.27. The number of nitrogens with zero attached hydrogens (tertiary/aromatic N) is 5. The third-order valence-electron chi connectivity index (χ3n) is 5.77. The number of hydrogen-bond acceptors (Lipinski definition) is 6. The molecule has 7 nitrogen and oxygen atoms in total. The summed E-state index contributed by atoms with van der Waals surface area (Å²) in [6, 6.07) is 16.4. The Morgan fingerprint density at radius 3 is 2.72 bits per heavy atom. The van der Waals surface area contributed by atoms with Gasteiger partial charge in [0.15, 0.2) is 0 Å². The van der Waals surface area contributed by atoms with Crippen LogP contribution in [0, 0.1) is 0 Å². The molecular weight excluding hydrogens is 400 g/mol. The van der Waals surface area contributed by atoms with E-state index in [1.165, 1.54) is 0 Å². The number of anilines is 2. The SMILES string of the molecule is CC(C)N(Cc1ccccc1)C(=O)CN1CCCC1c1cccc(Nc2cnccn2)n1. The molecule has 7 heteroatoms. The molecule has 2 aromatic heterocycles. The first-order valence-electron chi connectivity index (χ1n) is 11.2. The summed E-state index contributed by atoms with van der Waals surface area (Å²) in [5.41, 5.74) is 2.13. The molecule has 3 aromatic rings. The number of aromatic nitrogens is 3. The van der Waals surface area contributed by atoms with Crippen LogP contribution in [0.1, 0.15) is 44.0 Å². The van der Waals surface area contributed by atoms with Crippen molar-refractivity contribution in [3.63, 3.8) is 0 Å². The Labute approximate surface area is 189 Å². The van der Waals surface area contributed by atoms with Crippen molar-refractivity contribution >= 4 is 17.5 Å². The van der Waals surface area contributed by atoms with E-state index in [1.54, 1.807) is 18.6 Å². The molecule has 166 valence electrons. The van der Waals surface area contributed by atoms with Gasteiger partial charge in [-0.25, -0.2) is 9.97 Å². The third kappa shape index (κ3) is 5.48. The third-order valence-corrected chi connectivity index (χ3v) is 5.77. The van der Waals surface area contributed by atoms with Gasteiger partial charge in [-0.15, -0.1) is 0 Å². The summed E-state index contributed by atoms with van der Waals surface area (Å²) in [6.45, 7) is 6.08. The van der Waals surface area contributed by atoms with Gasteiger partial charge in [0.1, 0.15) is 11.6 Å². The van der Waals surface area contributed by atoms with Gasteiger partial charge in [0.05, 0.1) is 24.5 Å². The number of rotatable bonds is 8. The lowest BCUT2D eigenvalue weighted by atomic mass is 10.1. The van der Waals surface area contributed by atoms with Crippen LogP contribution in [0.25, 0.3) is 0 Å². The molecule has 1 aromatic carbocycles. The maximum Gasteiger partial charge on any atom is 0.237 e. The summed E-state index contributed by atoms with van der Waals surface area (Å²) in [6.07, 6.45) is 7.01. The number of benzene rings is 1. The van der Waals surface area contributed by atoms with Crippen LogP contribution < -0.4 is 5.32 Å². The fourth-order valence-corrected chi connectivity index (χ4v) is 4.16. The second kappa shape index (κ2) is 10.3. The molecule has 1 N–H and O–H groups in total. The minimum Gasteiger partial charge on any atom is -0.335 e. The summed E-state index contributed by atoms with van der Waals surface area (Å²) >= 11 is 0. The molecule has 0 aliphatic carbocycles. The lowest BCUT2D eigenvalue weighted by Gasteiger charge is -2.31. The molecule has 1 aliphatic heterocycles. The van der Waals surface area contributed by atoms with Crippen LogP contribution in [0.4, 0.5) is 11.6 Å². The Balaban J connectivity index is 1.45. The van der Waals surface area contributed by atoms with Gasteiger partial charge in [0, 0.05) is 25.0 Å². The first kappa shape index (κ1) is 21.9. The van der Waals surface area contributed by atoms with Crippen LogP contribution in [-0.2, 0) is 11.3 Å². The van der Waals surface area contributed by atoms with E-state index in [4.69, 9.17) is 4.98 Å². The van der Waals surface area contributed by atoms with Gasteiger partial charge in [-0.05, 0) is 50.9 Å². The fraction of sp³-hybridized carbons (Fsp3) is 0.360. The van der Waals surface area contributed by atoms with Gasteiger partial charge in [-0.1, -0.05) is 36.4 Å². The molecule has 1 saturated heterocycles. The number of carbonyl (C=O) groups excluding carboxylic acids is 1. The highest BCUT2D eigenvalue weighted by Gasteiger charge is 2.30. The Kier molecular flexibility index (Phi) is 7.07. The zero-order chi connectivity index (χ0) is 22.3. The van der Waals surface area contributed by atoms with Crippen molar-refractivity contribution in [2.45, 2.75) is 45.3 Å². The van der Waals surface area contributed by atoms with Crippen molar-refractivity contribution < 1.29 is 4.79 Å². The minimum absolute atomic E-state index is 0.133. The van der Waals surface area contributed by atoms with Crippen LogP contribution in [0.15, 0.2) is 67.1 Å². The maximum absolute atomic E-state index is 13.3. The van der Waals surface area contributed by atoms with E-state index in [2.05, 4.69) is 46.2 Å². The summed E-state index contributed by atoms with van der Waals surface area (Å²) in [4.78, 5) is 30.6. The summed E-state index contributed by atoms with van der Waals surface area (Å²) in [5, 5.41) is 3.21. The van der Waals surface area contributed by atoms with Gasteiger partial charge >= 0.3 is 0 Å². The number of likely N-dealkylation sites (tertiary alicyclic amines) is 1. The smallest absolute Gasteiger partial charge is 0.237 e. The lowest BCUT2D eigenvalue weighted by molar-refractivity contribution is -0.135. The summed E-state index contributed by atoms with van der Waals surface area (Å²) < 4.78 is 0. The highest BCUT2D eigenvalue weighted by atomic mass is 16.2. The minimum atomic E-state index is 0.133. The normalized spacial score (nSPS) is 16.3. The van der Waals surface area contributed by atoms with Crippen LogP contribution >= 0.6 is 0 Å². The van der Waals surface area contributed by atoms with E-state index in [-0.39, 0.29) is 18.0 Å². The van der Waals surface area contributed by atoms with Gasteiger partial charge in [0.2, 0.25) is 5.91 Å². The van der Waals surface area contributed by atoms with E-state index in [9.17, 15) is 4.79 Å². The largest absolute Gasteiger partial charge is 0.335 e. The van der Waals surface area contributed by atoms with Gasteiger partial charge in [-0.2, -0.15) is 0 Å². The number of amides is 1. The van der Waals surface area contributed by atoms with Crippen LogP contribution in [0.5, 0.6) is 0 Å². The lowest BCUT2D eigenvalue weighted by Crippen LogP contribution is -2.43.